The first kappa shape index (κ1) is 19.9. The summed E-state index contributed by atoms with van der Waals surface area (Å²) in [7, 11) is 1.82. The summed E-state index contributed by atoms with van der Waals surface area (Å²) in [4.78, 5) is 35.7. The number of carbonyl (C=O) groups excluding carboxylic acids is 2. The van der Waals surface area contributed by atoms with Gasteiger partial charge in [0.2, 0.25) is 11.8 Å². The smallest absolute Gasteiger partial charge is 0.226 e. The molecule has 1 aliphatic rings. The van der Waals surface area contributed by atoms with Crippen LogP contribution in [0, 0.1) is 12.3 Å². The molecule has 0 aromatic carbocycles. The molecule has 0 spiro atoms. The molecule has 2 amide bonds. The first-order valence-corrected chi connectivity index (χ1v) is 11.1. The van der Waals surface area contributed by atoms with Crippen LogP contribution in [0.5, 0.6) is 0 Å². The van der Waals surface area contributed by atoms with E-state index in [-0.39, 0.29) is 17.2 Å². The zero-order chi connectivity index (χ0) is 19.3. The van der Waals surface area contributed by atoms with E-state index >= 15 is 0 Å². The van der Waals surface area contributed by atoms with Crippen LogP contribution in [-0.2, 0) is 16.1 Å². The van der Waals surface area contributed by atoms with E-state index in [9.17, 15) is 9.59 Å². The van der Waals surface area contributed by atoms with Crippen LogP contribution in [0.15, 0.2) is 17.0 Å². The van der Waals surface area contributed by atoms with Crippen molar-refractivity contribution in [1.29, 1.82) is 0 Å². The Morgan fingerprint density at radius 1 is 1.22 bits per heavy atom. The van der Waals surface area contributed by atoms with Crippen molar-refractivity contribution in [2.45, 2.75) is 58.4 Å². The topological polar surface area (TPSA) is 75.2 Å². The largest absolute Gasteiger partial charge is 0.339 e. The molecule has 0 bridgehead atoms. The van der Waals surface area contributed by atoms with E-state index in [2.05, 4.69) is 15.3 Å². The molecule has 1 fully saturated rings. The molecule has 0 radical (unpaired) electrons. The molecule has 1 saturated carbocycles. The number of nitrogens with zero attached hydrogens (tertiary/aromatic N) is 3. The highest BCUT2D eigenvalue weighted by Crippen LogP contribution is 2.43. The molecule has 2 aromatic heterocycles. The van der Waals surface area contributed by atoms with E-state index in [1.165, 1.54) is 17.8 Å². The minimum absolute atomic E-state index is 0.0437. The number of thiazole rings is 2. The Labute approximate surface area is 168 Å². The number of amides is 2. The first-order chi connectivity index (χ1) is 13.0. The standard InChI is InChI=1S/C19H26N4O2S2/c1-14-13-27-16(21-14)12-23(2)17(25)11-19(6-4-3-5-7-19)10-15(24)22-18-20-8-9-26-18/h8-9,13H,3-7,10-12H2,1-2H3,(H,20,22,24). The second-order valence-corrected chi connectivity index (χ2v) is 9.27. The number of carbonyl (C=O) groups is 2. The Kier molecular flexibility index (Phi) is 6.59. The van der Waals surface area contributed by atoms with E-state index in [0.29, 0.717) is 24.5 Å². The molecule has 146 valence electrons. The minimum Gasteiger partial charge on any atom is -0.339 e. The van der Waals surface area contributed by atoms with Crippen LogP contribution >= 0.6 is 22.7 Å². The zero-order valence-electron chi connectivity index (χ0n) is 15.9. The Balaban J connectivity index is 1.62. The molecule has 0 aliphatic heterocycles. The van der Waals surface area contributed by atoms with Crippen molar-refractivity contribution in [3.63, 3.8) is 0 Å². The van der Waals surface area contributed by atoms with Crippen LogP contribution in [0.1, 0.15) is 55.6 Å². The van der Waals surface area contributed by atoms with Crippen molar-refractivity contribution in [2.75, 3.05) is 12.4 Å². The second-order valence-electron chi connectivity index (χ2n) is 7.43. The number of aryl methyl sites for hydroxylation is 1. The summed E-state index contributed by atoms with van der Waals surface area (Å²) in [5, 5.41) is 8.28. The van der Waals surface area contributed by atoms with E-state index in [1.807, 2.05) is 24.7 Å². The highest BCUT2D eigenvalue weighted by Gasteiger charge is 2.37. The van der Waals surface area contributed by atoms with Gasteiger partial charge < -0.3 is 10.2 Å². The molecule has 3 rings (SSSR count). The lowest BCUT2D eigenvalue weighted by molar-refractivity contribution is -0.134. The molecular weight excluding hydrogens is 380 g/mol. The van der Waals surface area contributed by atoms with Crippen molar-refractivity contribution < 1.29 is 9.59 Å². The zero-order valence-corrected chi connectivity index (χ0v) is 17.5. The van der Waals surface area contributed by atoms with Gasteiger partial charge in [0.05, 0.1) is 6.54 Å². The van der Waals surface area contributed by atoms with Gasteiger partial charge in [0, 0.05) is 42.5 Å². The molecule has 0 atom stereocenters. The summed E-state index contributed by atoms with van der Waals surface area (Å²) in [6, 6.07) is 0. The fraction of sp³-hybridized carbons (Fsp3) is 0.579. The predicted octanol–water partition coefficient (Wildman–Crippen LogP) is 4.24. The third-order valence-corrected chi connectivity index (χ3v) is 6.76. The lowest BCUT2D eigenvalue weighted by atomic mass is 9.69. The minimum atomic E-state index is -0.246. The Hall–Kier alpha value is -1.80. The van der Waals surface area contributed by atoms with Gasteiger partial charge in [-0.1, -0.05) is 19.3 Å². The summed E-state index contributed by atoms with van der Waals surface area (Å²) in [6.45, 7) is 2.48. The van der Waals surface area contributed by atoms with Crippen molar-refractivity contribution in [1.82, 2.24) is 14.9 Å². The third kappa shape index (κ3) is 5.59. The van der Waals surface area contributed by atoms with E-state index in [0.717, 1.165) is 36.4 Å². The SMILES string of the molecule is Cc1csc(CN(C)C(=O)CC2(CC(=O)Nc3nccs3)CCCCC2)n1. The highest BCUT2D eigenvalue weighted by atomic mass is 32.1. The molecule has 2 heterocycles. The average Bonchev–Trinajstić information content (AvgIpc) is 3.27. The van der Waals surface area contributed by atoms with E-state index < -0.39 is 0 Å². The molecule has 8 heteroatoms. The Morgan fingerprint density at radius 2 is 2.00 bits per heavy atom. The molecule has 2 aromatic rings. The second kappa shape index (κ2) is 8.93. The predicted molar refractivity (Wildman–Crippen MR) is 109 cm³/mol. The Morgan fingerprint density at radius 3 is 2.63 bits per heavy atom. The fourth-order valence-electron chi connectivity index (χ4n) is 3.73. The normalized spacial score (nSPS) is 16.1. The average molecular weight is 407 g/mol. The van der Waals surface area contributed by atoms with Crippen molar-refractivity contribution in [3.05, 3.63) is 27.7 Å². The number of hydrogen-bond acceptors (Lipinski definition) is 6. The van der Waals surface area contributed by atoms with Gasteiger partial charge in [-0.25, -0.2) is 9.97 Å². The van der Waals surface area contributed by atoms with Gasteiger partial charge >= 0.3 is 0 Å². The van der Waals surface area contributed by atoms with Crippen LogP contribution in [0.2, 0.25) is 0 Å². The number of anilines is 1. The van der Waals surface area contributed by atoms with Crippen LogP contribution < -0.4 is 5.32 Å². The van der Waals surface area contributed by atoms with Crippen LogP contribution in [0.4, 0.5) is 5.13 Å². The molecule has 0 unspecified atom stereocenters. The summed E-state index contributed by atoms with van der Waals surface area (Å²) in [5.74, 6) is 0.0460. The number of rotatable bonds is 7. The number of aromatic nitrogens is 2. The van der Waals surface area contributed by atoms with Gasteiger partial charge in [-0.2, -0.15) is 0 Å². The van der Waals surface area contributed by atoms with Gasteiger partial charge in [0.1, 0.15) is 5.01 Å². The molecule has 27 heavy (non-hydrogen) atoms. The van der Waals surface area contributed by atoms with E-state index in [4.69, 9.17) is 0 Å². The van der Waals surface area contributed by atoms with Crippen molar-refractivity contribution in [3.8, 4) is 0 Å². The van der Waals surface area contributed by atoms with Gasteiger partial charge in [-0.3, -0.25) is 9.59 Å². The first-order valence-electron chi connectivity index (χ1n) is 9.30. The fourth-order valence-corrected chi connectivity index (χ4v) is 5.10. The lowest BCUT2D eigenvalue weighted by Gasteiger charge is -2.37. The summed E-state index contributed by atoms with van der Waals surface area (Å²) >= 11 is 2.99. The summed E-state index contributed by atoms with van der Waals surface area (Å²) in [6.07, 6.45) is 7.65. The summed E-state index contributed by atoms with van der Waals surface area (Å²) < 4.78 is 0. The quantitative estimate of drug-likeness (QED) is 0.746. The molecular formula is C19H26N4O2S2. The monoisotopic (exact) mass is 406 g/mol. The van der Waals surface area contributed by atoms with Crippen LogP contribution in [0.25, 0.3) is 0 Å². The number of hydrogen-bond donors (Lipinski definition) is 1. The van der Waals surface area contributed by atoms with Gasteiger partial charge in [0.25, 0.3) is 0 Å². The van der Waals surface area contributed by atoms with Gasteiger partial charge in [-0.05, 0) is 25.2 Å². The molecule has 1 aliphatic carbocycles. The van der Waals surface area contributed by atoms with Gasteiger partial charge in [0.15, 0.2) is 5.13 Å². The lowest BCUT2D eigenvalue weighted by Crippen LogP contribution is -2.37. The highest BCUT2D eigenvalue weighted by molar-refractivity contribution is 7.13. The van der Waals surface area contributed by atoms with E-state index in [1.54, 1.807) is 22.4 Å². The molecule has 1 N–H and O–H groups in total. The van der Waals surface area contributed by atoms with Gasteiger partial charge in [-0.15, -0.1) is 22.7 Å². The summed E-state index contributed by atoms with van der Waals surface area (Å²) in [5.41, 5.74) is 0.738. The van der Waals surface area contributed by atoms with Crippen molar-refractivity contribution in [2.24, 2.45) is 5.41 Å². The Bertz CT molecular complexity index is 767. The van der Waals surface area contributed by atoms with Crippen molar-refractivity contribution >= 4 is 39.6 Å². The molecule has 6 nitrogen and oxygen atoms in total. The number of nitrogens with one attached hydrogen (secondary N) is 1. The maximum absolute atomic E-state index is 12.9. The maximum atomic E-state index is 12.9. The third-order valence-electron chi connectivity index (χ3n) is 5.12. The van der Waals surface area contributed by atoms with Crippen LogP contribution in [0.3, 0.4) is 0 Å². The molecule has 0 saturated heterocycles. The maximum Gasteiger partial charge on any atom is 0.226 e. The van der Waals surface area contributed by atoms with Crippen LogP contribution in [-0.4, -0.2) is 33.7 Å².